The van der Waals surface area contributed by atoms with Crippen molar-refractivity contribution in [2.75, 3.05) is 13.2 Å². The van der Waals surface area contributed by atoms with Crippen molar-refractivity contribution >= 4 is 5.91 Å². The van der Waals surface area contributed by atoms with E-state index in [1.54, 1.807) is 6.20 Å². The average Bonchev–Trinajstić information content (AvgIpc) is 3.16. The van der Waals surface area contributed by atoms with Crippen LogP contribution in [0.3, 0.4) is 0 Å². The third-order valence-corrected chi connectivity index (χ3v) is 4.15. The summed E-state index contributed by atoms with van der Waals surface area (Å²) >= 11 is 0. The van der Waals surface area contributed by atoms with E-state index in [1.165, 1.54) is 5.56 Å². The van der Waals surface area contributed by atoms with Gasteiger partial charge in [-0.15, -0.1) is 0 Å². The fourth-order valence-corrected chi connectivity index (χ4v) is 2.66. The van der Waals surface area contributed by atoms with Gasteiger partial charge in [0.25, 0.3) is 5.91 Å². The van der Waals surface area contributed by atoms with Gasteiger partial charge in [-0.3, -0.25) is 9.89 Å². The monoisotopic (exact) mass is 349 g/mol. The van der Waals surface area contributed by atoms with E-state index < -0.39 is 0 Å². The van der Waals surface area contributed by atoms with Crippen LogP contribution in [0.15, 0.2) is 60.8 Å². The average molecular weight is 349 g/mol. The summed E-state index contributed by atoms with van der Waals surface area (Å²) in [6.45, 7) is 5.14. The molecule has 0 fully saturated rings. The zero-order valence-electron chi connectivity index (χ0n) is 15.0. The quantitative estimate of drug-likeness (QED) is 0.633. The van der Waals surface area contributed by atoms with Gasteiger partial charge in [-0.05, 0) is 23.6 Å². The molecule has 5 heteroatoms. The zero-order chi connectivity index (χ0) is 18.4. The summed E-state index contributed by atoms with van der Waals surface area (Å²) in [4.78, 5) is 12.4. The van der Waals surface area contributed by atoms with Gasteiger partial charge in [-0.25, -0.2) is 0 Å². The molecule has 0 saturated heterocycles. The molecule has 2 aromatic carbocycles. The van der Waals surface area contributed by atoms with Crippen LogP contribution in [0.4, 0.5) is 0 Å². The van der Waals surface area contributed by atoms with Crippen molar-refractivity contribution in [3.63, 3.8) is 0 Å². The zero-order valence-corrected chi connectivity index (χ0v) is 15.0. The Hall–Kier alpha value is -3.08. The van der Waals surface area contributed by atoms with Crippen molar-refractivity contribution in [2.45, 2.75) is 19.8 Å². The van der Waals surface area contributed by atoms with Crippen LogP contribution in [0, 0.1) is 0 Å². The largest absolute Gasteiger partial charge is 0.492 e. The van der Waals surface area contributed by atoms with E-state index >= 15 is 0 Å². The summed E-state index contributed by atoms with van der Waals surface area (Å²) in [5.74, 6) is 1.13. The Morgan fingerprint density at radius 2 is 1.85 bits per heavy atom. The van der Waals surface area contributed by atoms with E-state index in [1.807, 2.05) is 42.5 Å². The third kappa shape index (κ3) is 4.30. The molecule has 26 heavy (non-hydrogen) atoms. The molecule has 5 nitrogen and oxygen atoms in total. The normalized spacial score (nSPS) is 10.7. The molecule has 0 unspecified atom stereocenters. The van der Waals surface area contributed by atoms with Crippen LogP contribution in [0.2, 0.25) is 0 Å². The fourth-order valence-electron chi connectivity index (χ4n) is 2.66. The number of rotatable bonds is 7. The predicted molar refractivity (Wildman–Crippen MR) is 102 cm³/mol. The Morgan fingerprint density at radius 3 is 2.54 bits per heavy atom. The molecule has 134 valence electrons. The lowest BCUT2D eigenvalue weighted by atomic mass is 10.0. The van der Waals surface area contributed by atoms with E-state index in [4.69, 9.17) is 4.74 Å². The van der Waals surface area contributed by atoms with Gasteiger partial charge in [-0.1, -0.05) is 56.3 Å². The van der Waals surface area contributed by atoms with Gasteiger partial charge in [0.05, 0.1) is 24.0 Å². The number of ether oxygens (including phenoxy) is 1. The first kappa shape index (κ1) is 17.7. The molecule has 0 spiro atoms. The Morgan fingerprint density at radius 1 is 1.12 bits per heavy atom. The Balaban J connectivity index is 1.51. The van der Waals surface area contributed by atoms with E-state index in [-0.39, 0.29) is 5.91 Å². The first-order valence-electron chi connectivity index (χ1n) is 8.75. The third-order valence-electron chi connectivity index (χ3n) is 4.15. The number of H-pyrrole nitrogens is 1. The number of nitrogens with zero attached hydrogens (tertiary/aromatic N) is 1. The van der Waals surface area contributed by atoms with Crippen LogP contribution in [-0.4, -0.2) is 29.3 Å². The van der Waals surface area contributed by atoms with Crippen LogP contribution < -0.4 is 10.1 Å². The highest BCUT2D eigenvalue weighted by molar-refractivity contribution is 5.99. The maximum absolute atomic E-state index is 12.4. The number of hydrogen-bond donors (Lipinski definition) is 2. The van der Waals surface area contributed by atoms with E-state index in [2.05, 4.69) is 41.5 Å². The summed E-state index contributed by atoms with van der Waals surface area (Å²) in [5, 5.41) is 9.76. The van der Waals surface area contributed by atoms with E-state index in [9.17, 15) is 4.79 Å². The molecule has 1 heterocycles. The van der Waals surface area contributed by atoms with Crippen LogP contribution in [-0.2, 0) is 0 Å². The standard InChI is InChI=1S/C21H23N3O2/c1-15(2)16-8-10-18(11-9-16)26-13-12-22-21(25)19-14-23-24-20(19)17-6-4-3-5-7-17/h3-11,14-15H,12-13H2,1-2H3,(H,22,25)(H,23,24). The molecule has 0 aliphatic carbocycles. The summed E-state index contributed by atoms with van der Waals surface area (Å²) in [5.41, 5.74) is 3.45. The van der Waals surface area contributed by atoms with Crippen molar-refractivity contribution in [3.05, 3.63) is 71.9 Å². The minimum atomic E-state index is -0.170. The van der Waals surface area contributed by atoms with Crippen LogP contribution in [0.5, 0.6) is 5.75 Å². The first-order chi connectivity index (χ1) is 12.6. The van der Waals surface area contributed by atoms with E-state index in [0.717, 1.165) is 11.3 Å². The number of hydrogen-bond acceptors (Lipinski definition) is 3. The first-order valence-corrected chi connectivity index (χ1v) is 8.75. The molecule has 0 atom stereocenters. The number of benzene rings is 2. The highest BCUT2D eigenvalue weighted by Gasteiger charge is 2.14. The van der Waals surface area contributed by atoms with Crippen molar-refractivity contribution in [3.8, 4) is 17.0 Å². The minimum Gasteiger partial charge on any atom is -0.492 e. The summed E-state index contributed by atoms with van der Waals surface area (Å²) in [7, 11) is 0. The molecule has 0 saturated carbocycles. The van der Waals surface area contributed by atoms with Crippen molar-refractivity contribution in [1.82, 2.24) is 15.5 Å². The van der Waals surface area contributed by atoms with Gasteiger partial charge in [0.1, 0.15) is 12.4 Å². The number of carbonyl (C=O) groups excluding carboxylic acids is 1. The van der Waals surface area contributed by atoms with Crippen molar-refractivity contribution in [2.24, 2.45) is 0 Å². The van der Waals surface area contributed by atoms with Gasteiger partial charge in [0.15, 0.2) is 0 Å². The lowest BCUT2D eigenvalue weighted by Crippen LogP contribution is -2.28. The molecule has 0 aliphatic rings. The summed E-state index contributed by atoms with van der Waals surface area (Å²) < 4.78 is 5.69. The number of aromatic nitrogens is 2. The second kappa shape index (κ2) is 8.34. The number of aromatic amines is 1. The molecule has 0 bridgehead atoms. The number of amides is 1. The van der Waals surface area contributed by atoms with Gasteiger partial charge in [0, 0.05) is 5.56 Å². The van der Waals surface area contributed by atoms with Crippen LogP contribution >= 0.6 is 0 Å². The molecule has 0 aliphatic heterocycles. The van der Waals surface area contributed by atoms with Gasteiger partial charge in [-0.2, -0.15) is 5.10 Å². The lowest BCUT2D eigenvalue weighted by molar-refractivity contribution is 0.0947. The maximum atomic E-state index is 12.4. The molecule has 0 radical (unpaired) electrons. The van der Waals surface area contributed by atoms with Gasteiger partial charge < -0.3 is 10.1 Å². The van der Waals surface area contributed by atoms with Crippen LogP contribution in [0.1, 0.15) is 35.7 Å². The van der Waals surface area contributed by atoms with Crippen molar-refractivity contribution < 1.29 is 9.53 Å². The SMILES string of the molecule is CC(C)c1ccc(OCCNC(=O)c2cn[nH]c2-c2ccccc2)cc1. The topological polar surface area (TPSA) is 67.0 Å². The Kier molecular flexibility index (Phi) is 5.69. The van der Waals surface area contributed by atoms with Gasteiger partial charge >= 0.3 is 0 Å². The number of nitrogens with one attached hydrogen (secondary N) is 2. The smallest absolute Gasteiger partial charge is 0.255 e. The Labute approximate surface area is 153 Å². The molecular weight excluding hydrogens is 326 g/mol. The maximum Gasteiger partial charge on any atom is 0.255 e. The molecular formula is C21H23N3O2. The fraction of sp³-hybridized carbons (Fsp3) is 0.238. The lowest BCUT2D eigenvalue weighted by Gasteiger charge is -2.10. The van der Waals surface area contributed by atoms with Crippen LogP contribution in [0.25, 0.3) is 11.3 Å². The number of carbonyl (C=O) groups is 1. The highest BCUT2D eigenvalue weighted by Crippen LogP contribution is 2.20. The minimum absolute atomic E-state index is 0.170. The molecule has 3 aromatic rings. The van der Waals surface area contributed by atoms with E-state index in [0.29, 0.717) is 30.3 Å². The summed E-state index contributed by atoms with van der Waals surface area (Å²) in [6.07, 6.45) is 1.54. The second-order valence-corrected chi connectivity index (χ2v) is 6.35. The predicted octanol–water partition coefficient (Wildman–Crippen LogP) is 4.01. The van der Waals surface area contributed by atoms with Crippen molar-refractivity contribution in [1.29, 1.82) is 0 Å². The molecule has 3 rings (SSSR count). The Bertz CT molecular complexity index is 839. The molecule has 1 aromatic heterocycles. The highest BCUT2D eigenvalue weighted by atomic mass is 16.5. The summed E-state index contributed by atoms with van der Waals surface area (Å²) in [6, 6.07) is 17.7. The van der Waals surface area contributed by atoms with Gasteiger partial charge in [0.2, 0.25) is 0 Å². The molecule has 1 amide bonds. The molecule has 2 N–H and O–H groups in total. The second-order valence-electron chi connectivity index (χ2n) is 6.35.